The molecule has 3 rings (SSSR count). The lowest BCUT2D eigenvalue weighted by atomic mass is 10.1. The molecule has 1 aromatic carbocycles. The van der Waals surface area contributed by atoms with Crippen LogP contribution in [0, 0.1) is 5.82 Å². The number of imidazole rings is 1. The summed E-state index contributed by atoms with van der Waals surface area (Å²) in [4.78, 5) is 16.4. The average molecular weight is 283 g/mol. The maximum atomic E-state index is 12.8. The van der Waals surface area contributed by atoms with Crippen LogP contribution in [0.1, 0.15) is 15.9 Å². The average Bonchev–Trinajstić information content (AvgIpc) is 2.97. The molecule has 5 heteroatoms. The van der Waals surface area contributed by atoms with Crippen LogP contribution in [0.15, 0.2) is 55.0 Å². The lowest BCUT2D eigenvalue weighted by Gasteiger charge is -2.06. The van der Waals surface area contributed by atoms with Crippen molar-refractivity contribution < 1.29 is 9.18 Å². The van der Waals surface area contributed by atoms with Crippen LogP contribution in [0.2, 0.25) is 0 Å². The Hall–Kier alpha value is -2.69. The van der Waals surface area contributed by atoms with Gasteiger partial charge in [0.1, 0.15) is 11.5 Å². The number of benzene rings is 1. The van der Waals surface area contributed by atoms with Gasteiger partial charge in [0.15, 0.2) is 0 Å². The molecule has 0 aliphatic rings. The summed E-state index contributed by atoms with van der Waals surface area (Å²) in [5.41, 5.74) is 2.16. The fourth-order valence-corrected chi connectivity index (χ4v) is 2.19. The normalized spacial score (nSPS) is 10.7. The zero-order chi connectivity index (χ0) is 14.7. The molecule has 106 valence electrons. The first-order valence-corrected chi connectivity index (χ1v) is 6.68. The Kier molecular flexibility index (Phi) is 3.64. The lowest BCUT2D eigenvalue weighted by molar-refractivity contribution is 0.0955. The predicted octanol–water partition coefficient (Wildman–Crippen LogP) is 2.45. The molecule has 0 fully saturated rings. The van der Waals surface area contributed by atoms with Crippen molar-refractivity contribution in [2.75, 3.05) is 6.54 Å². The van der Waals surface area contributed by atoms with E-state index in [0.717, 1.165) is 5.56 Å². The number of nitrogens with one attached hydrogen (secondary N) is 1. The van der Waals surface area contributed by atoms with Crippen molar-refractivity contribution in [1.29, 1.82) is 0 Å². The quantitative estimate of drug-likeness (QED) is 0.799. The van der Waals surface area contributed by atoms with Crippen molar-refractivity contribution in [3.05, 3.63) is 71.9 Å². The summed E-state index contributed by atoms with van der Waals surface area (Å²) >= 11 is 0. The number of nitrogens with zero attached hydrogens (tertiary/aromatic N) is 2. The smallest absolute Gasteiger partial charge is 0.255 e. The van der Waals surface area contributed by atoms with E-state index in [0.29, 0.717) is 24.2 Å². The fraction of sp³-hybridized carbons (Fsp3) is 0.125. The lowest BCUT2D eigenvalue weighted by Crippen LogP contribution is -2.26. The van der Waals surface area contributed by atoms with E-state index in [9.17, 15) is 9.18 Å². The second kappa shape index (κ2) is 5.75. The number of hydrogen-bond acceptors (Lipinski definition) is 2. The molecular weight excluding hydrogens is 269 g/mol. The standard InChI is InChI=1S/C16H14FN3O/c17-13-5-3-12(4-6-13)7-8-19-16(21)14-2-1-10-20-11-9-18-15(14)20/h1-6,9-11H,7-8H2,(H,19,21). The van der Waals surface area contributed by atoms with Gasteiger partial charge in [-0.25, -0.2) is 9.37 Å². The molecule has 3 aromatic rings. The van der Waals surface area contributed by atoms with Crippen molar-refractivity contribution in [3.8, 4) is 0 Å². The number of carbonyl (C=O) groups is 1. The molecule has 21 heavy (non-hydrogen) atoms. The molecule has 0 atom stereocenters. The third-order valence-electron chi connectivity index (χ3n) is 3.28. The minimum Gasteiger partial charge on any atom is -0.352 e. The van der Waals surface area contributed by atoms with Crippen LogP contribution in [-0.2, 0) is 6.42 Å². The van der Waals surface area contributed by atoms with E-state index in [1.807, 2.05) is 12.3 Å². The second-order valence-corrected chi connectivity index (χ2v) is 4.71. The molecule has 0 aliphatic carbocycles. The number of hydrogen-bond donors (Lipinski definition) is 1. The zero-order valence-electron chi connectivity index (χ0n) is 11.3. The highest BCUT2D eigenvalue weighted by molar-refractivity contribution is 5.99. The molecule has 0 bridgehead atoms. The highest BCUT2D eigenvalue weighted by Crippen LogP contribution is 2.08. The third kappa shape index (κ3) is 2.91. The third-order valence-corrected chi connectivity index (χ3v) is 3.28. The highest BCUT2D eigenvalue weighted by Gasteiger charge is 2.10. The Balaban J connectivity index is 1.64. The van der Waals surface area contributed by atoms with Crippen molar-refractivity contribution in [3.63, 3.8) is 0 Å². The first kappa shape index (κ1) is 13.3. The predicted molar refractivity (Wildman–Crippen MR) is 77.6 cm³/mol. The maximum Gasteiger partial charge on any atom is 0.255 e. The number of pyridine rings is 1. The summed E-state index contributed by atoms with van der Waals surface area (Å²) in [6.45, 7) is 0.492. The van der Waals surface area contributed by atoms with Gasteiger partial charge in [-0.3, -0.25) is 4.79 Å². The fourth-order valence-electron chi connectivity index (χ4n) is 2.19. The Morgan fingerprint density at radius 3 is 2.81 bits per heavy atom. The molecule has 2 aromatic heterocycles. The first-order valence-electron chi connectivity index (χ1n) is 6.68. The van der Waals surface area contributed by atoms with Gasteiger partial charge in [0.05, 0.1) is 5.56 Å². The van der Waals surface area contributed by atoms with Crippen molar-refractivity contribution >= 4 is 11.6 Å². The van der Waals surface area contributed by atoms with E-state index in [4.69, 9.17) is 0 Å². The number of rotatable bonds is 4. The number of halogens is 1. The number of aromatic nitrogens is 2. The largest absolute Gasteiger partial charge is 0.352 e. The minimum atomic E-state index is -0.256. The van der Waals surface area contributed by atoms with Crippen LogP contribution in [-0.4, -0.2) is 21.8 Å². The molecule has 0 radical (unpaired) electrons. The van der Waals surface area contributed by atoms with Gasteiger partial charge in [0, 0.05) is 25.1 Å². The molecule has 0 saturated carbocycles. The summed E-state index contributed by atoms with van der Waals surface area (Å²) in [5, 5.41) is 2.86. The van der Waals surface area contributed by atoms with Gasteiger partial charge in [-0.1, -0.05) is 12.1 Å². The number of amides is 1. The number of fused-ring (bicyclic) bond motifs is 1. The van der Waals surface area contributed by atoms with E-state index >= 15 is 0 Å². The first-order chi connectivity index (χ1) is 10.2. The molecule has 0 spiro atoms. The Morgan fingerprint density at radius 2 is 2.00 bits per heavy atom. The van der Waals surface area contributed by atoms with E-state index in [2.05, 4.69) is 10.3 Å². The monoisotopic (exact) mass is 283 g/mol. The summed E-state index contributed by atoms with van der Waals surface area (Å²) in [5.74, 6) is -0.414. The Labute approximate surface area is 121 Å². The van der Waals surface area contributed by atoms with Gasteiger partial charge in [0.25, 0.3) is 5.91 Å². The molecule has 2 heterocycles. The maximum absolute atomic E-state index is 12.8. The minimum absolute atomic E-state index is 0.158. The van der Waals surface area contributed by atoms with Gasteiger partial charge in [-0.2, -0.15) is 0 Å². The van der Waals surface area contributed by atoms with Gasteiger partial charge in [-0.15, -0.1) is 0 Å². The van der Waals surface area contributed by atoms with E-state index in [1.165, 1.54) is 12.1 Å². The van der Waals surface area contributed by atoms with E-state index in [1.54, 1.807) is 35.0 Å². The molecule has 1 N–H and O–H groups in total. The summed E-state index contributed by atoms with van der Waals surface area (Å²) in [7, 11) is 0. The number of carbonyl (C=O) groups excluding carboxylic acids is 1. The van der Waals surface area contributed by atoms with Crippen LogP contribution in [0.4, 0.5) is 4.39 Å². The molecule has 0 saturated heterocycles. The van der Waals surface area contributed by atoms with Crippen molar-refractivity contribution in [1.82, 2.24) is 14.7 Å². The molecule has 0 unspecified atom stereocenters. The van der Waals surface area contributed by atoms with Crippen LogP contribution in [0.5, 0.6) is 0 Å². The van der Waals surface area contributed by atoms with Gasteiger partial charge < -0.3 is 9.72 Å². The molecule has 0 aliphatic heterocycles. The van der Waals surface area contributed by atoms with E-state index < -0.39 is 0 Å². The molecular formula is C16H14FN3O. The molecule has 1 amide bonds. The summed E-state index contributed by atoms with van der Waals surface area (Å²) < 4.78 is 14.6. The second-order valence-electron chi connectivity index (χ2n) is 4.71. The van der Waals surface area contributed by atoms with Crippen LogP contribution in [0.3, 0.4) is 0 Å². The van der Waals surface area contributed by atoms with Crippen LogP contribution >= 0.6 is 0 Å². The van der Waals surface area contributed by atoms with Crippen LogP contribution in [0.25, 0.3) is 5.65 Å². The van der Waals surface area contributed by atoms with Gasteiger partial charge in [-0.05, 0) is 36.2 Å². The van der Waals surface area contributed by atoms with Crippen molar-refractivity contribution in [2.45, 2.75) is 6.42 Å². The zero-order valence-corrected chi connectivity index (χ0v) is 11.3. The highest BCUT2D eigenvalue weighted by atomic mass is 19.1. The Bertz CT molecular complexity index is 765. The SMILES string of the molecule is O=C(NCCc1ccc(F)cc1)c1cccn2ccnc12. The Morgan fingerprint density at radius 1 is 1.19 bits per heavy atom. The topological polar surface area (TPSA) is 46.4 Å². The summed E-state index contributed by atoms with van der Waals surface area (Å²) in [6.07, 6.45) is 5.95. The van der Waals surface area contributed by atoms with E-state index in [-0.39, 0.29) is 11.7 Å². The molecule has 4 nitrogen and oxygen atoms in total. The van der Waals surface area contributed by atoms with Crippen LogP contribution < -0.4 is 5.32 Å². The summed E-state index contributed by atoms with van der Waals surface area (Å²) in [6, 6.07) is 9.83. The van der Waals surface area contributed by atoms with Gasteiger partial charge >= 0.3 is 0 Å². The van der Waals surface area contributed by atoms with Crippen molar-refractivity contribution in [2.24, 2.45) is 0 Å². The van der Waals surface area contributed by atoms with Gasteiger partial charge in [0.2, 0.25) is 0 Å².